The molecule has 244 valence electrons. The van der Waals surface area contributed by atoms with E-state index in [0.717, 1.165) is 0 Å². The first kappa shape index (κ1) is 29.6. The maximum absolute atomic E-state index is 2.58. The zero-order valence-corrected chi connectivity index (χ0v) is 29.4. The molecular weight excluding hydrogens is 605 g/mol. The molecule has 2 heteroatoms. The van der Waals surface area contributed by atoms with E-state index in [9.17, 15) is 0 Å². The largest absolute Gasteiger partial charge is 0.310 e. The van der Waals surface area contributed by atoms with Gasteiger partial charge in [0.05, 0.1) is 16.7 Å². The first-order valence-corrected chi connectivity index (χ1v) is 18.3. The minimum absolute atomic E-state index is 0.0282. The monoisotopic (exact) mass is 646 g/mol. The molecule has 1 aromatic heterocycles. The molecule has 0 atom stereocenters. The van der Waals surface area contributed by atoms with Gasteiger partial charge in [-0.25, -0.2) is 0 Å². The van der Waals surface area contributed by atoms with Gasteiger partial charge >= 0.3 is 0 Å². The highest BCUT2D eigenvalue weighted by Gasteiger charge is 2.42. The molecule has 0 aliphatic heterocycles. The molecule has 0 saturated carbocycles. The van der Waals surface area contributed by atoms with Gasteiger partial charge in [-0.2, -0.15) is 0 Å². The van der Waals surface area contributed by atoms with E-state index in [-0.39, 0.29) is 10.8 Å². The first-order chi connectivity index (χ1) is 24.3. The fourth-order valence-corrected chi connectivity index (χ4v) is 9.89. The quantitative estimate of drug-likeness (QED) is 0.185. The van der Waals surface area contributed by atoms with Crippen molar-refractivity contribution in [1.82, 2.24) is 4.57 Å². The summed E-state index contributed by atoms with van der Waals surface area (Å²) < 4.78 is 2.41. The van der Waals surface area contributed by atoms with Gasteiger partial charge in [0, 0.05) is 38.7 Å². The van der Waals surface area contributed by atoms with Crippen LogP contribution in [0.2, 0.25) is 0 Å². The maximum atomic E-state index is 2.58. The van der Waals surface area contributed by atoms with E-state index in [0.29, 0.717) is 0 Å². The number of para-hydroxylation sites is 2. The topological polar surface area (TPSA) is 8.17 Å². The van der Waals surface area contributed by atoms with Crippen LogP contribution in [0.15, 0.2) is 139 Å². The molecule has 0 fully saturated rings. The Morgan fingerprint density at radius 2 is 1.20 bits per heavy atom. The van der Waals surface area contributed by atoms with Gasteiger partial charge in [-0.05, 0) is 119 Å². The lowest BCUT2D eigenvalue weighted by Crippen LogP contribution is -2.23. The Hall–Kier alpha value is -5.34. The summed E-state index contributed by atoms with van der Waals surface area (Å²) in [5, 5.41) is 2.54. The lowest BCUT2D eigenvalue weighted by molar-refractivity contribution is 0.575. The molecule has 3 aliphatic rings. The van der Waals surface area contributed by atoms with Crippen molar-refractivity contribution < 1.29 is 0 Å². The van der Waals surface area contributed by atoms with Crippen LogP contribution in [0.4, 0.5) is 17.1 Å². The Kier molecular flexibility index (Phi) is 6.26. The van der Waals surface area contributed by atoms with E-state index >= 15 is 0 Å². The third kappa shape index (κ3) is 4.02. The summed E-state index contributed by atoms with van der Waals surface area (Å²) in [5.74, 6) is 0. The molecule has 2 nitrogen and oxygen atoms in total. The lowest BCUT2D eigenvalue weighted by atomic mass is 9.77. The fraction of sp³-hybridized carbons (Fsp3) is 0.208. The minimum atomic E-state index is -0.0841. The number of rotatable bonds is 4. The van der Waals surface area contributed by atoms with Gasteiger partial charge in [0.2, 0.25) is 0 Å². The smallest absolute Gasteiger partial charge is 0.0542 e. The van der Waals surface area contributed by atoms with Crippen molar-refractivity contribution in [2.45, 2.75) is 64.2 Å². The summed E-state index contributed by atoms with van der Waals surface area (Å²) in [4.78, 5) is 2.58. The summed E-state index contributed by atoms with van der Waals surface area (Å²) in [7, 11) is 0. The van der Waals surface area contributed by atoms with Crippen LogP contribution in [0.3, 0.4) is 0 Å². The molecule has 50 heavy (non-hydrogen) atoms. The summed E-state index contributed by atoms with van der Waals surface area (Å²) in [6.45, 7) is 9.72. The summed E-state index contributed by atoms with van der Waals surface area (Å²) >= 11 is 0. The van der Waals surface area contributed by atoms with E-state index in [4.69, 9.17) is 0 Å². The van der Waals surface area contributed by atoms with Gasteiger partial charge in [-0.3, -0.25) is 0 Å². The average molecular weight is 647 g/mol. The molecule has 0 bridgehead atoms. The summed E-state index contributed by atoms with van der Waals surface area (Å²) in [6.07, 6.45) is 4.96. The van der Waals surface area contributed by atoms with Crippen LogP contribution in [-0.4, -0.2) is 4.57 Å². The van der Waals surface area contributed by atoms with Crippen LogP contribution in [-0.2, 0) is 10.8 Å². The number of hydrogen-bond acceptors (Lipinski definition) is 1. The van der Waals surface area contributed by atoms with Gasteiger partial charge in [0.25, 0.3) is 0 Å². The minimum Gasteiger partial charge on any atom is -0.310 e. The fourth-order valence-electron chi connectivity index (χ4n) is 9.89. The van der Waals surface area contributed by atoms with Gasteiger partial charge in [0.1, 0.15) is 0 Å². The average Bonchev–Trinajstić information content (AvgIpc) is 3.69. The SMILES string of the molecule is CC1(C)C2=C(CCCC2)c2cccc(N(c3ccc4c(c3)C(C)(C)c3ccccc3-4)c3ccc4c(c3)c3ccccc3n4-c3ccccc3)c21. The van der Waals surface area contributed by atoms with Crippen molar-refractivity contribution in [2.24, 2.45) is 0 Å². The second kappa shape index (κ2) is 10.6. The highest BCUT2D eigenvalue weighted by molar-refractivity contribution is 6.11. The second-order valence-electron chi connectivity index (χ2n) is 15.6. The standard InChI is InChI=1S/C48H42N2/c1-47(2)40-21-11-8-17-34(40)36-27-25-33(30-42(36)47)49(45-24-14-20-38-35-18-9-12-22-41(35)48(3,4)46(38)45)32-26-28-44-39(29-32)37-19-10-13-23-43(37)50(44)31-15-6-5-7-16-31/h5-8,10-11,13-17,19-21,23-30H,9,12,18,22H2,1-4H3. The number of aromatic nitrogens is 1. The van der Waals surface area contributed by atoms with Crippen molar-refractivity contribution in [3.63, 3.8) is 0 Å². The number of hydrogen-bond donors (Lipinski definition) is 0. The van der Waals surface area contributed by atoms with Crippen LogP contribution >= 0.6 is 0 Å². The zero-order chi connectivity index (χ0) is 33.8. The van der Waals surface area contributed by atoms with E-state index in [2.05, 4.69) is 171 Å². The van der Waals surface area contributed by atoms with Crippen molar-refractivity contribution in [3.8, 4) is 16.8 Å². The molecule has 3 aliphatic carbocycles. The number of nitrogens with zero attached hydrogens (tertiary/aromatic N) is 2. The van der Waals surface area contributed by atoms with Crippen LogP contribution in [0.1, 0.15) is 75.6 Å². The summed E-state index contributed by atoms with van der Waals surface area (Å²) in [6, 6.07) is 50.0. The zero-order valence-electron chi connectivity index (χ0n) is 29.4. The highest BCUT2D eigenvalue weighted by Crippen LogP contribution is 2.57. The molecule has 0 unspecified atom stereocenters. The molecular formula is C48H42N2. The molecule has 6 aromatic carbocycles. The van der Waals surface area contributed by atoms with Crippen molar-refractivity contribution >= 4 is 44.4 Å². The van der Waals surface area contributed by atoms with Gasteiger partial charge in [-0.15, -0.1) is 0 Å². The Labute approximate surface area is 295 Å². The first-order valence-electron chi connectivity index (χ1n) is 18.3. The predicted molar refractivity (Wildman–Crippen MR) is 211 cm³/mol. The Morgan fingerprint density at radius 1 is 0.520 bits per heavy atom. The van der Waals surface area contributed by atoms with Gasteiger partial charge in [0.15, 0.2) is 0 Å². The number of fused-ring (bicyclic) bond motifs is 8. The van der Waals surface area contributed by atoms with E-state index < -0.39 is 0 Å². The van der Waals surface area contributed by atoms with Crippen molar-refractivity contribution in [1.29, 1.82) is 0 Å². The molecule has 0 radical (unpaired) electrons. The third-order valence-corrected chi connectivity index (χ3v) is 12.2. The van der Waals surface area contributed by atoms with Crippen LogP contribution in [0.5, 0.6) is 0 Å². The molecule has 1 heterocycles. The summed E-state index contributed by atoms with van der Waals surface area (Å²) in [5.41, 5.74) is 18.9. The van der Waals surface area contributed by atoms with Crippen LogP contribution < -0.4 is 4.90 Å². The van der Waals surface area contributed by atoms with Gasteiger partial charge < -0.3 is 9.47 Å². The molecule has 0 amide bonds. The maximum Gasteiger partial charge on any atom is 0.0542 e. The lowest BCUT2D eigenvalue weighted by Gasteiger charge is -2.34. The number of benzene rings is 6. The Balaban J connectivity index is 1.24. The van der Waals surface area contributed by atoms with E-state index in [1.165, 1.54) is 104 Å². The van der Waals surface area contributed by atoms with Crippen LogP contribution in [0.25, 0.3) is 44.2 Å². The molecule has 0 spiro atoms. The number of allylic oxidation sites excluding steroid dienone is 2. The van der Waals surface area contributed by atoms with E-state index in [1.54, 1.807) is 11.1 Å². The van der Waals surface area contributed by atoms with Crippen LogP contribution in [0, 0.1) is 0 Å². The predicted octanol–water partition coefficient (Wildman–Crippen LogP) is 13.2. The van der Waals surface area contributed by atoms with Crippen molar-refractivity contribution in [3.05, 3.63) is 161 Å². The molecule has 0 N–H and O–H groups in total. The molecule has 10 rings (SSSR count). The normalized spacial score (nSPS) is 16.7. The van der Waals surface area contributed by atoms with E-state index in [1.807, 2.05) is 0 Å². The van der Waals surface area contributed by atoms with Gasteiger partial charge in [-0.1, -0.05) is 112 Å². The second-order valence-corrected chi connectivity index (χ2v) is 15.6. The Morgan fingerprint density at radius 3 is 2.08 bits per heavy atom. The third-order valence-electron chi connectivity index (χ3n) is 12.2. The molecule has 0 saturated heterocycles. The Bertz CT molecular complexity index is 2540. The molecule has 7 aromatic rings. The number of anilines is 3. The highest BCUT2D eigenvalue weighted by atomic mass is 15.1. The van der Waals surface area contributed by atoms with Crippen molar-refractivity contribution in [2.75, 3.05) is 4.90 Å².